The molecule has 6 nitrogen and oxygen atoms in total. The second-order valence-corrected chi connectivity index (χ2v) is 6.88. The van der Waals surface area contributed by atoms with Gasteiger partial charge in [-0.1, -0.05) is 0 Å². The molecule has 25 heavy (non-hydrogen) atoms. The van der Waals surface area contributed by atoms with Crippen LogP contribution < -0.4 is 10.5 Å². The summed E-state index contributed by atoms with van der Waals surface area (Å²) < 4.78 is 24.5. The van der Waals surface area contributed by atoms with E-state index in [0.29, 0.717) is 31.2 Å². The molecule has 0 aromatic heterocycles. The molecule has 1 saturated heterocycles. The Labute approximate surface area is 146 Å². The number of amides is 2. The number of carbonyl (C=O) groups excluding carboxylic acids is 2. The number of hydrogen-bond donors (Lipinski definition) is 1. The Hall–Kier alpha value is -2.15. The number of halogens is 1. The summed E-state index contributed by atoms with van der Waals surface area (Å²) in [5.41, 5.74) is 4.41. The summed E-state index contributed by atoms with van der Waals surface area (Å²) in [7, 11) is 0. The Morgan fingerprint density at radius 2 is 2.04 bits per heavy atom. The summed E-state index contributed by atoms with van der Waals surface area (Å²) in [5.74, 6) is 0.178. The van der Waals surface area contributed by atoms with Crippen molar-refractivity contribution < 1.29 is 23.5 Å². The van der Waals surface area contributed by atoms with Crippen LogP contribution in [0.25, 0.3) is 0 Å². The fourth-order valence-electron chi connectivity index (χ4n) is 3.06. The molecule has 2 aliphatic rings. The molecule has 1 aliphatic heterocycles. The maximum Gasteiger partial charge on any atom is 0.223 e. The average molecular weight is 350 g/mol. The van der Waals surface area contributed by atoms with Crippen molar-refractivity contribution >= 4 is 11.8 Å². The lowest BCUT2D eigenvalue weighted by molar-refractivity contribution is -0.162. The van der Waals surface area contributed by atoms with Crippen LogP contribution >= 0.6 is 0 Å². The van der Waals surface area contributed by atoms with Gasteiger partial charge in [0.25, 0.3) is 0 Å². The quantitative estimate of drug-likeness (QED) is 0.807. The van der Waals surface area contributed by atoms with Crippen LogP contribution in [-0.2, 0) is 14.3 Å². The normalized spacial score (nSPS) is 23.3. The summed E-state index contributed by atoms with van der Waals surface area (Å²) in [5, 5.41) is 0. The van der Waals surface area contributed by atoms with Gasteiger partial charge in [0, 0.05) is 13.0 Å². The van der Waals surface area contributed by atoms with Crippen molar-refractivity contribution in [2.24, 2.45) is 11.7 Å². The molecule has 1 atom stereocenters. The smallest absolute Gasteiger partial charge is 0.223 e. The maximum atomic E-state index is 13.0. The van der Waals surface area contributed by atoms with Crippen molar-refractivity contribution in [2.75, 3.05) is 26.3 Å². The second-order valence-electron chi connectivity index (χ2n) is 6.88. The molecule has 7 heteroatoms. The Bertz CT molecular complexity index is 632. The van der Waals surface area contributed by atoms with Gasteiger partial charge in [0.2, 0.25) is 11.8 Å². The predicted molar refractivity (Wildman–Crippen MR) is 88.3 cm³/mol. The van der Waals surface area contributed by atoms with E-state index in [2.05, 4.69) is 0 Å². The van der Waals surface area contributed by atoms with Gasteiger partial charge in [0.15, 0.2) is 0 Å². The van der Waals surface area contributed by atoms with Crippen molar-refractivity contribution in [1.82, 2.24) is 4.90 Å². The van der Waals surface area contributed by atoms with Crippen LogP contribution in [0.3, 0.4) is 0 Å². The van der Waals surface area contributed by atoms with Crippen molar-refractivity contribution in [2.45, 2.75) is 31.3 Å². The van der Waals surface area contributed by atoms with E-state index >= 15 is 0 Å². The van der Waals surface area contributed by atoms with Gasteiger partial charge in [0.1, 0.15) is 23.8 Å². The summed E-state index contributed by atoms with van der Waals surface area (Å²) >= 11 is 0. The molecule has 1 saturated carbocycles. The monoisotopic (exact) mass is 350 g/mol. The summed E-state index contributed by atoms with van der Waals surface area (Å²) in [6.45, 7) is 1.16. The van der Waals surface area contributed by atoms with Crippen molar-refractivity contribution in [3.05, 3.63) is 30.1 Å². The van der Waals surface area contributed by atoms with Crippen molar-refractivity contribution in [3.63, 3.8) is 0 Å². The van der Waals surface area contributed by atoms with Gasteiger partial charge in [-0.2, -0.15) is 0 Å². The molecule has 1 aromatic rings. The molecule has 2 fully saturated rings. The molecule has 0 bridgehead atoms. The van der Waals surface area contributed by atoms with E-state index < -0.39 is 11.5 Å². The number of ether oxygens (including phenoxy) is 2. The first kappa shape index (κ1) is 17.7. The van der Waals surface area contributed by atoms with Crippen molar-refractivity contribution in [1.29, 1.82) is 0 Å². The topological polar surface area (TPSA) is 81.9 Å². The molecule has 1 aromatic carbocycles. The van der Waals surface area contributed by atoms with Gasteiger partial charge in [-0.05, 0) is 43.0 Å². The fourth-order valence-corrected chi connectivity index (χ4v) is 3.06. The molecule has 0 unspecified atom stereocenters. The lowest BCUT2D eigenvalue weighted by atomic mass is 9.97. The number of nitrogens with zero attached hydrogens (tertiary/aromatic N) is 1. The zero-order valence-electron chi connectivity index (χ0n) is 14.1. The maximum absolute atomic E-state index is 13.0. The highest BCUT2D eigenvalue weighted by Crippen LogP contribution is 2.33. The SMILES string of the molecule is NC(=O)C[C@]1(COc2ccc(F)cc2)CN(C(=O)CC2CC2)CCO1. The third-order valence-corrected chi connectivity index (χ3v) is 4.57. The first-order valence-electron chi connectivity index (χ1n) is 8.54. The third kappa shape index (κ3) is 4.92. The highest BCUT2D eigenvalue weighted by Gasteiger charge is 2.41. The van der Waals surface area contributed by atoms with Gasteiger partial charge in [-0.3, -0.25) is 9.59 Å². The third-order valence-electron chi connectivity index (χ3n) is 4.57. The van der Waals surface area contributed by atoms with Crippen LogP contribution in [0.2, 0.25) is 0 Å². The predicted octanol–water partition coefficient (Wildman–Crippen LogP) is 1.48. The number of benzene rings is 1. The van der Waals surface area contributed by atoms with E-state index in [1.54, 1.807) is 4.90 Å². The molecule has 2 amide bonds. The van der Waals surface area contributed by atoms with Crippen LogP contribution in [0.15, 0.2) is 24.3 Å². The number of primary amides is 1. The van der Waals surface area contributed by atoms with Gasteiger partial charge < -0.3 is 20.1 Å². The first-order chi connectivity index (χ1) is 12.0. The van der Waals surface area contributed by atoms with Crippen LogP contribution in [0.5, 0.6) is 5.75 Å². The van der Waals surface area contributed by atoms with E-state index in [4.69, 9.17) is 15.2 Å². The molecule has 136 valence electrons. The molecule has 0 spiro atoms. The molecule has 0 radical (unpaired) electrons. The van der Waals surface area contributed by atoms with E-state index in [1.807, 2.05) is 0 Å². The molecule has 1 aliphatic carbocycles. The zero-order chi connectivity index (χ0) is 17.9. The highest BCUT2D eigenvalue weighted by molar-refractivity contribution is 5.78. The number of morpholine rings is 1. The minimum absolute atomic E-state index is 0.0403. The standard InChI is InChI=1S/C18H23FN2O4/c19-14-3-5-15(6-4-14)24-12-18(10-16(20)22)11-21(7-8-25-18)17(23)9-13-1-2-13/h3-6,13H,1-2,7-12H2,(H2,20,22)/t18-/m1/s1. The van der Waals surface area contributed by atoms with E-state index in [1.165, 1.54) is 24.3 Å². The number of hydrogen-bond acceptors (Lipinski definition) is 4. The zero-order valence-corrected chi connectivity index (χ0v) is 14.1. The number of carbonyl (C=O) groups is 2. The highest BCUT2D eigenvalue weighted by atomic mass is 19.1. The summed E-state index contributed by atoms with van der Waals surface area (Å²) in [6.07, 6.45) is 2.72. The summed E-state index contributed by atoms with van der Waals surface area (Å²) in [6, 6.07) is 5.60. The minimum Gasteiger partial charge on any atom is -0.490 e. The van der Waals surface area contributed by atoms with Crippen LogP contribution in [0.4, 0.5) is 4.39 Å². The minimum atomic E-state index is -0.975. The van der Waals surface area contributed by atoms with Crippen LogP contribution in [0, 0.1) is 11.7 Å². The van der Waals surface area contributed by atoms with Crippen LogP contribution in [0.1, 0.15) is 25.7 Å². The fraction of sp³-hybridized carbons (Fsp3) is 0.556. The Balaban J connectivity index is 1.66. The Kier molecular flexibility index (Phi) is 5.22. The number of rotatable bonds is 7. The lowest BCUT2D eigenvalue weighted by Crippen LogP contribution is -2.58. The molecular formula is C18H23FN2O4. The molecule has 3 rings (SSSR count). The second kappa shape index (κ2) is 7.39. The van der Waals surface area contributed by atoms with E-state index in [0.717, 1.165) is 12.8 Å². The van der Waals surface area contributed by atoms with Crippen molar-refractivity contribution in [3.8, 4) is 5.75 Å². The number of nitrogens with two attached hydrogens (primary N) is 1. The Morgan fingerprint density at radius 1 is 1.32 bits per heavy atom. The van der Waals surface area contributed by atoms with E-state index in [9.17, 15) is 14.0 Å². The lowest BCUT2D eigenvalue weighted by Gasteiger charge is -2.42. The average Bonchev–Trinajstić information content (AvgIpc) is 3.38. The van der Waals surface area contributed by atoms with Gasteiger partial charge in [-0.25, -0.2) is 4.39 Å². The first-order valence-corrected chi connectivity index (χ1v) is 8.54. The van der Waals surface area contributed by atoms with Crippen LogP contribution in [-0.4, -0.2) is 48.6 Å². The molecular weight excluding hydrogens is 327 g/mol. The largest absolute Gasteiger partial charge is 0.490 e. The van der Waals surface area contributed by atoms with E-state index in [-0.39, 0.29) is 31.3 Å². The Morgan fingerprint density at radius 3 is 2.68 bits per heavy atom. The van der Waals surface area contributed by atoms with Gasteiger partial charge in [0.05, 0.1) is 19.6 Å². The molecule has 2 N–H and O–H groups in total. The van der Waals surface area contributed by atoms with Gasteiger partial charge >= 0.3 is 0 Å². The summed E-state index contributed by atoms with van der Waals surface area (Å²) in [4.78, 5) is 25.7. The molecule has 1 heterocycles. The van der Waals surface area contributed by atoms with Gasteiger partial charge in [-0.15, -0.1) is 0 Å².